The minimum atomic E-state index is -0.0500. The Morgan fingerprint density at radius 1 is 1.17 bits per heavy atom. The predicted molar refractivity (Wildman–Crippen MR) is 89.6 cm³/mol. The third kappa shape index (κ3) is 2.99. The van der Waals surface area contributed by atoms with Gasteiger partial charge in [0.15, 0.2) is 5.78 Å². The summed E-state index contributed by atoms with van der Waals surface area (Å²) in [6.45, 7) is 3.77. The van der Waals surface area contributed by atoms with Gasteiger partial charge in [-0.15, -0.1) is 0 Å². The number of para-hydroxylation sites is 1. The van der Waals surface area contributed by atoms with Crippen molar-refractivity contribution in [3.8, 4) is 5.69 Å². The molecule has 0 aliphatic rings. The average Bonchev–Trinajstić information content (AvgIpc) is 3.09. The minimum absolute atomic E-state index is 0.0500. The Morgan fingerprint density at radius 2 is 1.91 bits per heavy atom. The highest BCUT2D eigenvalue weighted by Crippen LogP contribution is 2.19. The zero-order chi connectivity index (χ0) is 16.4. The molecule has 0 atom stereocenters. The van der Waals surface area contributed by atoms with Crippen molar-refractivity contribution in [3.63, 3.8) is 0 Å². The van der Waals surface area contributed by atoms with Crippen molar-refractivity contribution in [2.75, 3.05) is 0 Å². The lowest BCUT2D eigenvalue weighted by atomic mass is 10.1. The monoisotopic (exact) mass is 306 g/mol. The molecule has 0 saturated carbocycles. The lowest BCUT2D eigenvalue weighted by molar-refractivity contribution is 0.104. The lowest BCUT2D eigenvalue weighted by Gasteiger charge is -2.03. The van der Waals surface area contributed by atoms with Gasteiger partial charge in [0.1, 0.15) is 0 Å². The van der Waals surface area contributed by atoms with E-state index in [0.717, 1.165) is 22.6 Å². The van der Waals surface area contributed by atoms with Crippen LogP contribution in [0.2, 0.25) is 0 Å². The molecule has 2 aromatic heterocycles. The second-order valence-corrected chi connectivity index (χ2v) is 5.44. The Labute approximate surface area is 134 Å². The number of aryl methyl sites for hydroxylation is 2. The molecule has 0 amide bonds. The summed E-state index contributed by atoms with van der Waals surface area (Å²) in [5.41, 5.74) is 4.06. The minimum Gasteiger partial charge on any atom is -0.289 e. The van der Waals surface area contributed by atoms with E-state index in [1.54, 1.807) is 27.7 Å². The summed E-state index contributed by atoms with van der Waals surface area (Å²) in [6.07, 6.45) is 6.92. The number of hydrogen-bond acceptors (Lipinski definition) is 3. The highest BCUT2D eigenvalue weighted by molar-refractivity contribution is 6.08. The van der Waals surface area contributed by atoms with Crippen molar-refractivity contribution in [1.82, 2.24) is 19.6 Å². The van der Waals surface area contributed by atoms with Crippen LogP contribution in [-0.4, -0.2) is 25.3 Å². The third-order valence-corrected chi connectivity index (χ3v) is 3.69. The van der Waals surface area contributed by atoms with Crippen molar-refractivity contribution < 1.29 is 4.79 Å². The van der Waals surface area contributed by atoms with Crippen LogP contribution in [0.15, 0.2) is 48.8 Å². The van der Waals surface area contributed by atoms with Gasteiger partial charge in [-0.05, 0) is 38.1 Å². The second kappa shape index (κ2) is 6.04. The Hall–Kier alpha value is -2.95. The molecule has 23 heavy (non-hydrogen) atoms. The molecule has 0 aliphatic heterocycles. The maximum absolute atomic E-state index is 12.5. The fraction of sp³-hybridized carbons (Fsp3) is 0.167. The first kappa shape index (κ1) is 15.0. The van der Waals surface area contributed by atoms with Crippen LogP contribution in [-0.2, 0) is 7.05 Å². The van der Waals surface area contributed by atoms with E-state index in [1.807, 2.05) is 57.4 Å². The van der Waals surface area contributed by atoms with Crippen molar-refractivity contribution >= 4 is 11.9 Å². The first-order chi connectivity index (χ1) is 11.1. The zero-order valence-corrected chi connectivity index (χ0v) is 13.4. The van der Waals surface area contributed by atoms with Gasteiger partial charge in [-0.25, -0.2) is 4.68 Å². The molecule has 0 spiro atoms. The quantitative estimate of drug-likeness (QED) is 0.550. The Balaban J connectivity index is 1.92. The van der Waals surface area contributed by atoms with E-state index in [-0.39, 0.29) is 5.78 Å². The van der Waals surface area contributed by atoms with Gasteiger partial charge in [0.05, 0.1) is 28.8 Å². The van der Waals surface area contributed by atoms with Gasteiger partial charge in [-0.2, -0.15) is 10.2 Å². The summed E-state index contributed by atoms with van der Waals surface area (Å²) in [6, 6.07) is 9.81. The molecule has 0 radical (unpaired) electrons. The number of benzene rings is 1. The van der Waals surface area contributed by atoms with E-state index in [4.69, 9.17) is 0 Å². The molecule has 116 valence electrons. The smallest absolute Gasteiger partial charge is 0.189 e. The van der Waals surface area contributed by atoms with Gasteiger partial charge in [-0.3, -0.25) is 9.48 Å². The Kier molecular flexibility index (Phi) is 3.93. The van der Waals surface area contributed by atoms with Crippen LogP contribution in [0.4, 0.5) is 0 Å². The highest BCUT2D eigenvalue weighted by atomic mass is 16.1. The van der Waals surface area contributed by atoms with Crippen LogP contribution in [0.25, 0.3) is 11.8 Å². The molecule has 1 aromatic carbocycles. The van der Waals surface area contributed by atoms with E-state index in [9.17, 15) is 4.79 Å². The Morgan fingerprint density at radius 3 is 2.57 bits per heavy atom. The van der Waals surface area contributed by atoms with Crippen molar-refractivity contribution in [1.29, 1.82) is 0 Å². The molecule has 0 unspecified atom stereocenters. The van der Waals surface area contributed by atoms with E-state index in [2.05, 4.69) is 10.2 Å². The van der Waals surface area contributed by atoms with Crippen molar-refractivity contribution in [2.45, 2.75) is 13.8 Å². The first-order valence-corrected chi connectivity index (χ1v) is 7.39. The van der Waals surface area contributed by atoms with Crippen LogP contribution in [0.5, 0.6) is 0 Å². The van der Waals surface area contributed by atoms with Crippen LogP contribution in [0, 0.1) is 13.8 Å². The van der Waals surface area contributed by atoms with Crippen LogP contribution < -0.4 is 0 Å². The molecular weight excluding hydrogens is 288 g/mol. The van der Waals surface area contributed by atoms with Gasteiger partial charge >= 0.3 is 0 Å². The molecular formula is C18H18N4O. The van der Waals surface area contributed by atoms with Crippen LogP contribution in [0.1, 0.15) is 27.3 Å². The average molecular weight is 306 g/mol. The summed E-state index contributed by atoms with van der Waals surface area (Å²) in [4.78, 5) is 12.5. The SMILES string of the molecule is Cc1nn(-c2ccccc2)c(C)c1C(=O)/C=C/c1cnn(C)c1. The van der Waals surface area contributed by atoms with E-state index >= 15 is 0 Å². The maximum Gasteiger partial charge on any atom is 0.189 e. The molecule has 5 heteroatoms. The van der Waals surface area contributed by atoms with Gasteiger partial charge < -0.3 is 0 Å². The summed E-state index contributed by atoms with van der Waals surface area (Å²) in [5.74, 6) is -0.0500. The second-order valence-electron chi connectivity index (χ2n) is 5.44. The van der Waals surface area contributed by atoms with Crippen LogP contribution >= 0.6 is 0 Å². The standard InChI is InChI=1S/C18H18N4O/c1-13-18(17(23)10-9-15-11-19-21(3)12-15)14(2)22(20-13)16-7-5-4-6-8-16/h4-12H,1-3H3/b10-9+. The molecule has 3 aromatic rings. The number of nitrogens with zero attached hydrogens (tertiary/aromatic N) is 4. The summed E-state index contributed by atoms with van der Waals surface area (Å²) < 4.78 is 3.51. The highest BCUT2D eigenvalue weighted by Gasteiger charge is 2.17. The topological polar surface area (TPSA) is 52.7 Å². The number of ketones is 1. The molecule has 0 saturated heterocycles. The normalized spacial score (nSPS) is 11.3. The first-order valence-electron chi connectivity index (χ1n) is 7.39. The largest absolute Gasteiger partial charge is 0.289 e. The summed E-state index contributed by atoms with van der Waals surface area (Å²) in [7, 11) is 1.84. The van der Waals surface area contributed by atoms with E-state index < -0.39 is 0 Å². The van der Waals surface area contributed by atoms with Crippen molar-refractivity contribution in [2.24, 2.45) is 7.05 Å². The predicted octanol–water partition coefficient (Wildman–Crippen LogP) is 3.12. The molecule has 0 bridgehead atoms. The number of aromatic nitrogens is 4. The zero-order valence-electron chi connectivity index (χ0n) is 13.4. The fourth-order valence-corrected chi connectivity index (χ4v) is 2.60. The number of carbonyl (C=O) groups excluding carboxylic acids is 1. The van der Waals surface area contributed by atoms with Crippen molar-refractivity contribution in [3.05, 3.63) is 71.3 Å². The number of hydrogen-bond donors (Lipinski definition) is 0. The van der Waals surface area contributed by atoms with Gasteiger partial charge in [-0.1, -0.05) is 18.2 Å². The number of carbonyl (C=O) groups is 1. The lowest BCUT2D eigenvalue weighted by Crippen LogP contribution is -2.01. The third-order valence-electron chi connectivity index (χ3n) is 3.69. The van der Waals surface area contributed by atoms with Gasteiger partial charge in [0.2, 0.25) is 0 Å². The summed E-state index contributed by atoms with van der Waals surface area (Å²) in [5, 5.41) is 8.59. The number of rotatable bonds is 4. The molecule has 5 nitrogen and oxygen atoms in total. The summed E-state index contributed by atoms with van der Waals surface area (Å²) >= 11 is 0. The molecule has 0 N–H and O–H groups in total. The molecule has 0 aliphatic carbocycles. The fourth-order valence-electron chi connectivity index (χ4n) is 2.60. The van der Waals surface area contributed by atoms with Gasteiger partial charge in [0, 0.05) is 18.8 Å². The molecule has 2 heterocycles. The van der Waals surface area contributed by atoms with Crippen LogP contribution in [0.3, 0.4) is 0 Å². The van der Waals surface area contributed by atoms with Gasteiger partial charge in [0.25, 0.3) is 0 Å². The molecule has 0 fully saturated rings. The van der Waals surface area contributed by atoms with E-state index in [1.165, 1.54) is 0 Å². The molecule has 3 rings (SSSR count). The Bertz CT molecular complexity index is 872. The van der Waals surface area contributed by atoms with E-state index in [0.29, 0.717) is 5.56 Å². The maximum atomic E-state index is 12.5. The number of allylic oxidation sites excluding steroid dienone is 1.